The summed E-state index contributed by atoms with van der Waals surface area (Å²) in [5.74, 6) is 1.44. The summed E-state index contributed by atoms with van der Waals surface area (Å²) in [6.45, 7) is 13.4. The first-order chi connectivity index (χ1) is 9.47. The van der Waals surface area contributed by atoms with Crippen molar-refractivity contribution in [3.05, 3.63) is 46.2 Å². The van der Waals surface area contributed by atoms with Crippen LogP contribution in [-0.4, -0.2) is 15.1 Å². The summed E-state index contributed by atoms with van der Waals surface area (Å²) in [7, 11) is 0. The molecule has 0 bridgehead atoms. The Morgan fingerprint density at radius 3 is 2.95 bits per heavy atom. The van der Waals surface area contributed by atoms with Gasteiger partial charge in [0.2, 0.25) is 5.70 Å². The smallest absolute Gasteiger partial charge is 0.203 e. The first-order valence-electron chi connectivity index (χ1n) is 7.10. The third kappa shape index (κ3) is 1.66. The fourth-order valence-electron chi connectivity index (χ4n) is 3.98. The molecule has 4 nitrogen and oxygen atoms in total. The van der Waals surface area contributed by atoms with Gasteiger partial charge in [0.05, 0.1) is 18.0 Å². The molecule has 0 unspecified atom stereocenters. The Labute approximate surface area is 119 Å². The van der Waals surface area contributed by atoms with Crippen LogP contribution in [0.3, 0.4) is 0 Å². The maximum Gasteiger partial charge on any atom is 0.203 e. The van der Waals surface area contributed by atoms with E-state index in [9.17, 15) is 5.11 Å². The van der Waals surface area contributed by atoms with Crippen molar-refractivity contribution < 1.29 is 5.11 Å². The standard InChI is InChI=1S/C16H19N3O/c1-9-12-6-5-11-8-18-10(2)19-15(11)16(12,3)7-13(17-4)14(9)20/h8-9,12,20H,5-7H2,1-3H3/t9-,12-,16-/m0/s1. The molecule has 2 aliphatic rings. The number of hydrogen-bond donors (Lipinski definition) is 1. The molecule has 0 radical (unpaired) electrons. The molecule has 0 fully saturated rings. The number of hydrogen-bond acceptors (Lipinski definition) is 3. The van der Waals surface area contributed by atoms with E-state index in [2.05, 4.69) is 21.7 Å². The van der Waals surface area contributed by atoms with Crippen molar-refractivity contribution in [2.75, 3.05) is 0 Å². The minimum atomic E-state index is -0.160. The molecule has 2 aliphatic carbocycles. The molecule has 0 aromatic carbocycles. The van der Waals surface area contributed by atoms with Gasteiger partial charge in [0, 0.05) is 17.5 Å². The fourth-order valence-corrected chi connectivity index (χ4v) is 3.98. The van der Waals surface area contributed by atoms with Gasteiger partial charge in [-0.05, 0) is 37.7 Å². The average Bonchev–Trinajstić information content (AvgIpc) is 2.43. The molecular formula is C16H19N3O. The van der Waals surface area contributed by atoms with Crippen molar-refractivity contribution in [2.45, 2.75) is 45.4 Å². The zero-order valence-corrected chi connectivity index (χ0v) is 12.1. The summed E-state index contributed by atoms with van der Waals surface area (Å²) >= 11 is 0. The van der Waals surface area contributed by atoms with Crippen molar-refractivity contribution in [1.82, 2.24) is 9.97 Å². The molecule has 3 atom stereocenters. The number of aromatic nitrogens is 2. The molecule has 0 amide bonds. The van der Waals surface area contributed by atoms with E-state index in [0.29, 0.717) is 18.0 Å². The highest BCUT2D eigenvalue weighted by molar-refractivity contribution is 5.37. The predicted octanol–water partition coefficient (Wildman–Crippen LogP) is 3.33. The van der Waals surface area contributed by atoms with Crippen molar-refractivity contribution in [1.29, 1.82) is 0 Å². The maximum atomic E-state index is 10.2. The molecule has 1 aromatic heterocycles. The first kappa shape index (κ1) is 13.1. The van der Waals surface area contributed by atoms with Crippen LogP contribution >= 0.6 is 0 Å². The number of aliphatic hydroxyl groups excluding tert-OH is 1. The summed E-state index contributed by atoms with van der Waals surface area (Å²) in [6.07, 6.45) is 4.49. The van der Waals surface area contributed by atoms with Crippen LogP contribution in [0.1, 0.15) is 43.8 Å². The monoisotopic (exact) mass is 269 g/mol. The molecule has 1 heterocycles. The summed E-state index contributed by atoms with van der Waals surface area (Å²) in [6, 6.07) is 0. The van der Waals surface area contributed by atoms with Crippen LogP contribution < -0.4 is 0 Å². The van der Waals surface area contributed by atoms with E-state index < -0.39 is 0 Å². The predicted molar refractivity (Wildman–Crippen MR) is 76.0 cm³/mol. The molecule has 0 spiro atoms. The molecule has 1 N–H and O–H groups in total. The Morgan fingerprint density at radius 1 is 1.50 bits per heavy atom. The van der Waals surface area contributed by atoms with Crippen molar-refractivity contribution in [3.63, 3.8) is 0 Å². The molecule has 0 saturated carbocycles. The Balaban J connectivity index is 2.18. The quantitative estimate of drug-likeness (QED) is 0.735. The van der Waals surface area contributed by atoms with Crippen molar-refractivity contribution in [2.24, 2.45) is 11.8 Å². The Morgan fingerprint density at radius 2 is 2.25 bits per heavy atom. The van der Waals surface area contributed by atoms with E-state index in [1.165, 1.54) is 5.56 Å². The topological polar surface area (TPSA) is 50.4 Å². The van der Waals surface area contributed by atoms with Gasteiger partial charge in [-0.1, -0.05) is 13.8 Å². The fraction of sp³-hybridized carbons (Fsp3) is 0.562. The van der Waals surface area contributed by atoms with Gasteiger partial charge in [-0.25, -0.2) is 14.8 Å². The lowest BCUT2D eigenvalue weighted by molar-refractivity contribution is 0.134. The summed E-state index contributed by atoms with van der Waals surface area (Å²) in [4.78, 5) is 12.5. The Bertz CT molecular complexity index is 644. The van der Waals surface area contributed by atoms with Crippen LogP contribution in [0.2, 0.25) is 0 Å². The van der Waals surface area contributed by atoms with Gasteiger partial charge in [0.15, 0.2) is 0 Å². The lowest BCUT2D eigenvalue weighted by atomic mass is 9.57. The van der Waals surface area contributed by atoms with E-state index in [0.717, 1.165) is 24.4 Å². The average molecular weight is 269 g/mol. The normalized spacial score (nSPS) is 32.3. The highest BCUT2D eigenvalue weighted by Gasteiger charge is 2.49. The zero-order chi connectivity index (χ0) is 14.5. The Kier molecular flexibility index (Phi) is 2.82. The number of aliphatic hydroxyl groups is 1. The van der Waals surface area contributed by atoms with Gasteiger partial charge in [-0.15, -0.1) is 0 Å². The van der Waals surface area contributed by atoms with Crippen LogP contribution in [0.25, 0.3) is 4.85 Å². The van der Waals surface area contributed by atoms with Crippen LogP contribution in [0.5, 0.6) is 0 Å². The number of fused-ring (bicyclic) bond motifs is 3. The number of aryl methyl sites for hydroxylation is 2. The maximum absolute atomic E-state index is 10.2. The van der Waals surface area contributed by atoms with Gasteiger partial charge in [-0.3, -0.25) is 0 Å². The highest BCUT2D eigenvalue weighted by atomic mass is 16.3. The van der Waals surface area contributed by atoms with Crippen molar-refractivity contribution in [3.8, 4) is 0 Å². The minimum absolute atomic E-state index is 0.0290. The number of allylic oxidation sites excluding steroid dienone is 2. The lowest BCUT2D eigenvalue weighted by Gasteiger charge is -2.47. The SMILES string of the molecule is [C-]#[N+]C1=C(O)[C@@H](C)[C@@H]2CCc3cnc(C)nc3[C@@]2(C)C1. The second kappa shape index (κ2) is 4.31. The minimum Gasteiger partial charge on any atom is -0.523 e. The van der Waals surface area contributed by atoms with E-state index in [1.54, 1.807) is 0 Å². The second-order valence-electron chi connectivity index (χ2n) is 6.26. The van der Waals surface area contributed by atoms with Gasteiger partial charge in [0.25, 0.3) is 0 Å². The highest BCUT2D eigenvalue weighted by Crippen LogP contribution is 2.52. The molecule has 0 aliphatic heterocycles. The summed E-state index contributed by atoms with van der Waals surface area (Å²) in [5.41, 5.74) is 2.63. The largest absolute Gasteiger partial charge is 0.523 e. The molecular weight excluding hydrogens is 250 g/mol. The van der Waals surface area contributed by atoms with Crippen LogP contribution in [-0.2, 0) is 11.8 Å². The zero-order valence-electron chi connectivity index (χ0n) is 12.1. The van der Waals surface area contributed by atoms with E-state index in [1.807, 2.05) is 20.0 Å². The van der Waals surface area contributed by atoms with E-state index >= 15 is 0 Å². The molecule has 20 heavy (non-hydrogen) atoms. The van der Waals surface area contributed by atoms with E-state index in [4.69, 9.17) is 6.57 Å². The first-order valence-corrected chi connectivity index (χ1v) is 7.10. The molecule has 1 aromatic rings. The van der Waals surface area contributed by atoms with Crippen LogP contribution in [0.15, 0.2) is 17.7 Å². The third-order valence-corrected chi connectivity index (χ3v) is 5.07. The van der Waals surface area contributed by atoms with Gasteiger partial charge < -0.3 is 5.11 Å². The van der Waals surface area contributed by atoms with Gasteiger partial charge >= 0.3 is 0 Å². The molecule has 3 rings (SSSR count). The number of nitrogens with zero attached hydrogens (tertiary/aromatic N) is 3. The number of rotatable bonds is 0. The summed E-state index contributed by atoms with van der Waals surface area (Å²) < 4.78 is 0. The molecule has 0 saturated heterocycles. The van der Waals surface area contributed by atoms with Crippen LogP contribution in [0.4, 0.5) is 0 Å². The van der Waals surface area contributed by atoms with E-state index in [-0.39, 0.29) is 17.1 Å². The molecule has 4 heteroatoms. The second-order valence-corrected chi connectivity index (χ2v) is 6.26. The van der Waals surface area contributed by atoms with Crippen molar-refractivity contribution >= 4 is 0 Å². The molecule has 104 valence electrons. The Hall–Kier alpha value is -1.89. The summed E-state index contributed by atoms with van der Waals surface area (Å²) in [5, 5.41) is 10.2. The van der Waals surface area contributed by atoms with Crippen LogP contribution in [0, 0.1) is 25.3 Å². The van der Waals surface area contributed by atoms with Gasteiger partial charge in [-0.2, -0.15) is 0 Å². The lowest BCUT2D eigenvalue weighted by Crippen LogP contribution is -2.45. The van der Waals surface area contributed by atoms with Gasteiger partial charge in [0.1, 0.15) is 5.82 Å². The third-order valence-electron chi connectivity index (χ3n) is 5.07.